The minimum Gasteiger partial charge on any atom is -0.508 e. The number of aromatic nitrogens is 1. The Morgan fingerprint density at radius 1 is 0.641 bits per heavy atom. The Hall–Kier alpha value is -8.38. The fourth-order valence-corrected chi connectivity index (χ4v) is 8.91. The Labute approximate surface area is 450 Å². The van der Waals surface area contributed by atoms with Gasteiger partial charge in [0.2, 0.25) is 53.2 Å². The monoisotopic (exact) mass is 1080 g/mol. The fourth-order valence-electron chi connectivity index (χ4n) is 8.91. The first-order valence-electron chi connectivity index (χ1n) is 25.7. The molecular formula is C54H71N11O13. The number of carboxylic acid groups (broad SMARTS) is 1. The van der Waals surface area contributed by atoms with E-state index in [0.717, 1.165) is 6.92 Å². The number of aliphatic hydroxyl groups excluding tert-OH is 1. The molecule has 24 heteroatoms. The molecule has 10 atom stereocenters. The molecule has 420 valence electrons. The van der Waals surface area contributed by atoms with Crippen molar-refractivity contribution in [2.24, 2.45) is 17.4 Å². The number of hydrogen-bond acceptors (Lipinski definition) is 13. The Morgan fingerprint density at radius 3 is 1.77 bits per heavy atom. The van der Waals surface area contributed by atoms with Gasteiger partial charge in [-0.3, -0.25) is 43.2 Å². The van der Waals surface area contributed by atoms with E-state index in [4.69, 9.17) is 11.5 Å². The van der Waals surface area contributed by atoms with Crippen LogP contribution in [0.5, 0.6) is 5.75 Å². The molecule has 0 aliphatic carbocycles. The van der Waals surface area contributed by atoms with E-state index in [1.54, 1.807) is 60.8 Å². The summed E-state index contributed by atoms with van der Waals surface area (Å²) in [5.41, 5.74) is 13.7. The number of fused-ring (bicyclic) bond motifs is 1. The van der Waals surface area contributed by atoms with Gasteiger partial charge in [-0.1, -0.05) is 74.5 Å². The van der Waals surface area contributed by atoms with Gasteiger partial charge in [0.25, 0.3) is 0 Å². The second-order valence-corrected chi connectivity index (χ2v) is 20.0. The zero-order chi connectivity index (χ0) is 57.4. The molecule has 0 radical (unpaired) electrons. The summed E-state index contributed by atoms with van der Waals surface area (Å²) in [6, 6.07) is 8.96. The van der Waals surface area contributed by atoms with Crippen molar-refractivity contribution in [3.63, 3.8) is 0 Å². The van der Waals surface area contributed by atoms with Crippen LogP contribution in [0.3, 0.4) is 0 Å². The molecule has 0 unspecified atom stereocenters. The molecular weight excluding hydrogens is 1010 g/mol. The number of likely N-dealkylation sites (tertiary alicyclic amines) is 1. The molecule has 1 saturated heterocycles. The number of nitrogens with two attached hydrogens (primary N) is 2. The summed E-state index contributed by atoms with van der Waals surface area (Å²) in [5.74, 6) is -9.30. The van der Waals surface area contributed by atoms with Crippen molar-refractivity contribution in [2.75, 3.05) is 6.54 Å². The SMILES string of the molecule is CC(C)C[C@H](NC(=O)[C@H](C)N)C(=O)N1CCC[C@H]1C(=O)N[C@@H](Cc1ccc(O)cc1)C(=O)N[C@@H](Cc1c[nH]c2ccccc12)C(=O)N[C@@H](CC(N)=O)C(=O)N[C@@H](Cc1ccccc1)C(=O)N[C@@H](C)C(=O)N[C@H](C(=O)O)[C@@H](C)O. The number of benzene rings is 3. The second-order valence-electron chi connectivity index (χ2n) is 20.0. The van der Waals surface area contributed by atoms with E-state index in [-0.39, 0.29) is 50.3 Å². The van der Waals surface area contributed by atoms with Gasteiger partial charge in [0.05, 0.1) is 18.6 Å². The van der Waals surface area contributed by atoms with E-state index in [9.17, 15) is 63.3 Å². The first-order chi connectivity index (χ1) is 36.9. The number of aromatic hydroxyl groups is 1. The smallest absolute Gasteiger partial charge is 0.328 e. The molecule has 2 heterocycles. The van der Waals surface area contributed by atoms with E-state index >= 15 is 0 Å². The fraction of sp³-hybridized carbons (Fsp3) is 0.444. The van der Waals surface area contributed by atoms with Gasteiger partial charge < -0.3 is 73.9 Å². The lowest BCUT2D eigenvalue weighted by Gasteiger charge is -2.31. The van der Waals surface area contributed by atoms with Gasteiger partial charge in [0, 0.05) is 42.9 Å². The number of carbonyl (C=O) groups excluding carboxylic acids is 9. The highest BCUT2D eigenvalue weighted by atomic mass is 16.4. The molecule has 1 aliphatic heterocycles. The van der Waals surface area contributed by atoms with Crippen molar-refractivity contribution in [3.8, 4) is 5.75 Å². The number of phenolic OH excluding ortho intramolecular Hbond substituents is 1. The highest BCUT2D eigenvalue weighted by molar-refractivity contribution is 5.99. The third kappa shape index (κ3) is 17.3. The Morgan fingerprint density at radius 2 is 1.18 bits per heavy atom. The number of rotatable bonds is 27. The van der Waals surface area contributed by atoms with Crippen molar-refractivity contribution >= 4 is 70.0 Å². The number of hydrogen-bond donors (Lipinski definition) is 13. The third-order valence-corrected chi connectivity index (χ3v) is 13.1. The topological polar surface area (TPSA) is 387 Å². The molecule has 0 bridgehead atoms. The predicted octanol–water partition coefficient (Wildman–Crippen LogP) is -0.960. The normalized spacial score (nSPS) is 16.7. The number of aromatic amines is 1. The number of nitrogens with zero attached hydrogens (tertiary/aromatic N) is 1. The summed E-state index contributed by atoms with van der Waals surface area (Å²) in [6.07, 6.45) is -0.371. The maximum Gasteiger partial charge on any atom is 0.328 e. The second kappa shape index (κ2) is 28.1. The summed E-state index contributed by atoms with van der Waals surface area (Å²) in [4.78, 5) is 141. The number of amides is 9. The largest absolute Gasteiger partial charge is 0.508 e. The van der Waals surface area contributed by atoms with Crippen molar-refractivity contribution < 1.29 is 63.3 Å². The number of carbonyl (C=O) groups is 10. The van der Waals surface area contributed by atoms with Crippen LogP contribution in [0.1, 0.15) is 77.0 Å². The minimum atomic E-state index is -1.78. The lowest BCUT2D eigenvalue weighted by molar-refractivity contribution is -0.145. The molecule has 0 saturated carbocycles. The van der Waals surface area contributed by atoms with Gasteiger partial charge in [-0.05, 0) is 80.8 Å². The number of aliphatic hydroxyl groups is 1. The van der Waals surface area contributed by atoms with Crippen LogP contribution >= 0.6 is 0 Å². The molecule has 15 N–H and O–H groups in total. The van der Waals surface area contributed by atoms with Crippen molar-refractivity contribution in [3.05, 3.63) is 102 Å². The Kier molecular flexibility index (Phi) is 21.8. The zero-order valence-electron chi connectivity index (χ0n) is 44.1. The van der Waals surface area contributed by atoms with E-state index in [1.807, 2.05) is 13.8 Å². The Bertz CT molecular complexity index is 2790. The lowest BCUT2D eigenvalue weighted by Crippen LogP contribution is -2.61. The van der Waals surface area contributed by atoms with E-state index in [1.165, 1.54) is 43.0 Å². The molecule has 1 fully saturated rings. The van der Waals surface area contributed by atoms with Crippen LogP contribution < -0.4 is 48.7 Å². The molecule has 1 aliphatic rings. The summed E-state index contributed by atoms with van der Waals surface area (Å²) in [7, 11) is 0. The minimum absolute atomic E-state index is 0.0329. The van der Waals surface area contributed by atoms with Gasteiger partial charge in [-0.2, -0.15) is 0 Å². The van der Waals surface area contributed by atoms with Crippen LogP contribution in [0, 0.1) is 5.92 Å². The van der Waals surface area contributed by atoms with Crippen LogP contribution in [-0.4, -0.2) is 151 Å². The molecule has 24 nitrogen and oxygen atoms in total. The zero-order valence-corrected chi connectivity index (χ0v) is 44.1. The summed E-state index contributed by atoms with van der Waals surface area (Å²) >= 11 is 0. The van der Waals surface area contributed by atoms with Crippen LogP contribution in [-0.2, 0) is 67.2 Å². The number of nitrogens with one attached hydrogen (secondary N) is 8. The highest BCUT2D eigenvalue weighted by Gasteiger charge is 2.40. The number of phenols is 1. The molecule has 3 aromatic carbocycles. The number of H-pyrrole nitrogens is 1. The summed E-state index contributed by atoms with van der Waals surface area (Å²) in [6.45, 7) is 7.80. The van der Waals surface area contributed by atoms with Crippen LogP contribution in [0.25, 0.3) is 10.9 Å². The van der Waals surface area contributed by atoms with Gasteiger partial charge in [-0.25, -0.2) is 4.79 Å². The maximum absolute atomic E-state index is 14.8. The van der Waals surface area contributed by atoms with Crippen LogP contribution in [0.2, 0.25) is 0 Å². The van der Waals surface area contributed by atoms with Gasteiger partial charge in [-0.15, -0.1) is 0 Å². The first-order valence-corrected chi connectivity index (χ1v) is 25.7. The van der Waals surface area contributed by atoms with Gasteiger partial charge in [0.15, 0.2) is 6.04 Å². The highest BCUT2D eigenvalue weighted by Crippen LogP contribution is 2.23. The van der Waals surface area contributed by atoms with Crippen LogP contribution in [0.15, 0.2) is 85.1 Å². The molecule has 1 aromatic heterocycles. The summed E-state index contributed by atoms with van der Waals surface area (Å²) in [5, 5.41) is 47.9. The van der Waals surface area contributed by atoms with Gasteiger partial charge >= 0.3 is 5.97 Å². The average molecular weight is 1080 g/mol. The number of primary amides is 1. The lowest BCUT2D eigenvalue weighted by atomic mass is 10.0. The number of carboxylic acids is 1. The maximum atomic E-state index is 14.8. The van der Waals surface area contributed by atoms with Crippen LogP contribution in [0.4, 0.5) is 0 Å². The van der Waals surface area contributed by atoms with Crippen molar-refractivity contribution in [2.45, 2.75) is 140 Å². The number of para-hydroxylation sites is 1. The Balaban J connectivity index is 1.44. The molecule has 0 spiro atoms. The summed E-state index contributed by atoms with van der Waals surface area (Å²) < 4.78 is 0. The predicted molar refractivity (Wildman–Crippen MR) is 284 cm³/mol. The van der Waals surface area contributed by atoms with E-state index < -0.39 is 126 Å². The molecule has 4 aromatic rings. The average Bonchev–Trinajstić information content (AvgIpc) is 4.05. The standard InChI is InChI=1S/C54H71N11O13/c1-28(2)22-42(63-46(69)29(3)55)53(76)65-21-11-16-43(65)52(75)62-39(24-33-17-19-35(67)20-18-33)49(72)60-40(25-34-27-57-37-15-10-9-14-36(34)37)50(73)61-41(26-44(56)68)51(74)59-38(23-32-12-7-6-8-13-32)48(71)58-30(4)47(70)64-45(31(5)66)54(77)78/h6-10,12-15,17-20,27-31,38-43,45,57,66-67H,11,16,21-26,55H2,1-5H3,(H2,56,68)(H,58,71)(H,59,74)(H,60,72)(H,61,73)(H,62,75)(H,63,69)(H,64,70)(H,77,78)/t29-,30-,31+,38-,39-,40-,41-,42-,43-,45-/m0/s1. The number of aliphatic carboxylic acids is 1. The van der Waals surface area contributed by atoms with Crippen molar-refractivity contribution in [1.82, 2.24) is 47.1 Å². The van der Waals surface area contributed by atoms with Gasteiger partial charge in [0.1, 0.15) is 48.0 Å². The van der Waals surface area contributed by atoms with Crippen molar-refractivity contribution in [1.29, 1.82) is 0 Å². The quantitative estimate of drug-likeness (QED) is 0.0342. The molecule has 78 heavy (non-hydrogen) atoms. The molecule has 5 rings (SSSR count). The third-order valence-electron chi connectivity index (χ3n) is 13.1. The van der Waals surface area contributed by atoms with E-state index in [0.29, 0.717) is 34.0 Å². The molecule has 9 amide bonds. The first kappa shape index (κ1) is 60.5. The van der Waals surface area contributed by atoms with E-state index in [2.05, 4.69) is 42.2 Å².